The fourth-order valence-electron chi connectivity index (χ4n) is 3.37. The average Bonchev–Trinajstić information content (AvgIpc) is 2.89. The lowest BCUT2D eigenvalue weighted by Crippen LogP contribution is -2.47. The van der Waals surface area contributed by atoms with Gasteiger partial charge in [-0.3, -0.25) is 4.90 Å². The van der Waals surface area contributed by atoms with Gasteiger partial charge in [-0.25, -0.2) is 0 Å². The third kappa shape index (κ3) is 4.63. The number of ether oxygens (including phenoxy) is 1. The van der Waals surface area contributed by atoms with Gasteiger partial charge in [0.05, 0.1) is 0 Å². The van der Waals surface area contributed by atoms with E-state index in [1.807, 2.05) is 17.4 Å². The van der Waals surface area contributed by atoms with E-state index in [9.17, 15) is 5.11 Å². The van der Waals surface area contributed by atoms with Crippen molar-refractivity contribution in [1.29, 1.82) is 0 Å². The number of nitrogens with zero attached hydrogens (tertiary/aromatic N) is 1. The summed E-state index contributed by atoms with van der Waals surface area (Å²) in [4.78, 5) is 5.23. The number of piperidine rings is 1. The van der Waals surface area contributed by atoms with Crippen LogP contribution in [0, 0.1) is 27.7 Å². The van der Waals surface area contributed by atoms with Gasteiger partial charge in [0.15, 0.2) is 0 Å². The van der Waals surface area contributed by atoms with E-state index in [4.69, 9.17) is 4.74 Å². The Hall–Kier alpha value is -1.36. The maximum atomic E-state index is 10.8. The van der Waals surface area contributed by atoms with Crippen molar-refractivity contribution in [3.05, 3.63) is 50.7 Å². The standard InChI is InChI=1S/C21H29NO2S/c1-15-5-6-20(11-16(15)2)24-14-21(23)7-9-22(10-8-21)13-19-12-17(3)25-18(19)4/h5-6,11-12,23H,7-10,13-14H2,1-4H3. The van der Waals surface area contributed by atoms with E-state index in [-0.39, 0.29) is 0 Å². The molecule has 25 heavy (non-hydrogen) atoms. The fraction of sp³-hybridized carbons (Fsp3) is 0.524. The fourth-order valence-corrected chi connectivity index (χ4v) is 4.31. The van der Waals surface area contributed by atoms with E-state index in [0.29, 0.717) is 6.61 Å². The molecule has 0 spiro atoms. The highest BCUT2D eigenvalue weighted by atomic mass is 32.1. The van der Waals surface area contributed by atoms with Crippen LogP contribution in [0.1, 0.15) is 39.3 Å². The molecule has 1 aliphatic rings. The third-order valence-corrected chi connectivity index (χ3v) is 6.32. The molecule has 1 aromatic heterocycles. The number of thiophene rings is 1. The highest BCUT2D eigenvalue weighted by Crippen LogP contribution is 2.27. The Morgan fingerprint density at radius 1 is 1.08 bits per heavy atom. The van der Waals surface area contributed by atoms with Gasteiger partial charge in [0.2, 0.25) is 0 Å². The summed E-state index contributed by atoms with van der Waals surface area (Å²) in [5, 5.41) is 10.8. The number of aryl methyl sites for hydroxylation is 4. The molecule has 136 valence electrons. The maximum Gasteiger partial charge on any atom is 0.119 e. The number of aliphatic hydroxyl groups is 1. The topological polar surface area (TPSA) is 32.7 Å². The van der Waals surface area contributed by atoms with Crippen molar-refractivity contribution in [3.63, 3.8) is 0 Å². The van der Waals surface area contributed by atoms with E-state index in [1.54, 1.807) is 0 Å². The van der Waals surface area contributed by atoms with Gasteiger partial charge in [-0.15, -0.1) is 11.3 Å². The van der Waals surface area contributed by atoms with Gasteiger partial charge < -0.3 is 9.84 Å². The number of hydrogen-bond acceptors (Lipinski definition) is 4. The summed E-state index contributed by atoms with van der Waals surface area (Å²) in [6, 6.07) is 8.41. The van der Waals surface area contributed by atoms with Crippen LogP contribution in [0.2, 0.25) is 0 Å². The van der Waals surface area contributed by atoms with Gasteiger partial charge in [0.25, 0.3) is 0 Å². The Morgan fingerprint density at radius 3 is 2.40 bits per heavy atom. The molecule has 3 rings (SSSR count). The second kappa shape index (κ2) is 7.48. The minimum Gasteiger partial charge on any atom is -0.491 e. The molecule has 0 saturated carbocycles. The second-order valence-corrected chi connectivity index (χ2v) is 8.93. The summed E-state index contributed by atoms with van der Waals surface area (Å²) in [6.45, 7) is 11.7. The largest absolute Gasteiger partial charge is 0.491 e. The quantitative estimate of drug-likeness (QED) is 0.859. The van der Waals surface area contributed by atoms with Crippen LogP contribution in [-0.2, 0) is 6.54 Å². The van der Waals surface area contributed by atoms with E-state index < -0.39 is 5.60 Å². The molecule has 2 aromatic rings. The van der Waals surface area contributed by atoms with Crippen molar-refractivity contribution < 1.29 is 9.84 Å². The zero-order chi connectivity index (χ0) is 18.0. The molecule has 1 fully saturated rings. The molecule has 4 heteroatoms. The molecular formula is C21H29NO2S. The first-order chi connectivity index (χ1) is 11.8. The van der Waals surface area contributed by atoms with Crippen LogP contribution in [0.15, 0.2) is 24.3 Å². The lowest BCUT2D eigenvalue weighted by molar-refractivity contribution is -0.0537. The first-order valence-corrected chi connectivity index (χ1v) is 9.87. The van der Waals surface area contributed by atoms with Crippen LogP contribution in [0.3, 0.4) is 0 Å². The van der Waals surface area contributed by atoms with Crippen molar-refractivity contribution in [2.24, 2.45) is 0 Å². The van der Waals surface area contributed by atoms with Crippen LogP contribution in [-0.4, -0.2) is 35.3 Å². The molecular weight excluding hydrogens is 330 g/mol. The first-order valence-electron chi connectivity index (χ1n) is 9.05. The summed E-state index contributed by atoms with van der Waals surface area (Å²) in [7, 11) is 0. The normalized spacial score (nSPS) is 17.6. The van der Waals surface area contributed by atoms with Crippen LogP contribution >= 0.6 is 11.3 Å². The minimum atomic E-state index is -0.713. The molecule has 2 heterocycles. The average molecular weight is 360 g/mol. The molecule has 0 atom stereocenters. The molecule has 0 bridgehead atoms. The van der Waals surface area contributed by atoms with Gasteiger partial charge >= 0.3 is 0 Å². The first kappa shape index (κ1) is 18.4. The smallest absolute Gasteiger partial charge is 0.119 e. The van der Waals surface area contributed by atoms with Crippen molar-refractivity contribution >= 4 is 11.3 Å². The van der Waals surface area contributed by atoms with Crippen molar-refractivity contribution in [1.82, 2.24) is 4.90 Å². The van der Waals surface area contributed by atoms with Gasteiger partial charge in [-0.05, 0) is 75.4 Å². The third-order valence-electron chi connectivity index (χ3n) is 5.31. The number of hydrogen-bond donors (Lipinski definition) is 1. The zero-order valence-electron chi connectivity index (χ0n) is 15.8. The predicted octanol–water partition coefficient (Wildman–Crippen LogP) is 4.39. The molecule has 0 radical (unpaired) electrons. The zero-order valence-corrected chi connectivity index (χ0v) is 16.6. The highest BCUT2D eigenvalue weighted by Gasteiger charge is 2.33. The highest BCUT2D eigenvalue weighted by molar-refractivity contribution is 7.12. The number of likely N-dealkylation sites (tertiary alicyclic amines) is 1. The Balaban J connectivity index is 1.51. The van der Waals surface area contributed by atoms with Gasteiger partial charge in [0, 0.05) is 29.4 Å². The summed E-state index contributed by atoms with van der Waals surface area (Å²) < 4.78 is 5.89. The number of benzene rings is 1. The molecule has 3 nitrogen and oxygen atoms in total. The molecule has 1 saturated heterocycles. The van der Waals surface area contributed by atoms with E-state index in [2.05, 4.69) is 50.8 Å². The van der Waals surface area contributed by atoms with Crippen LogP contribution in [0.5, 0.6) is 5.75 Å². The van der Waals surface area contributed by atoms with Gasteiger partial charge in [-0.2, -0.15) is 0 Å². The Labute approximate surface area is 155 Å². The van der Waals surface area contributed by atoms with Crippen LogP contribution < -0.4 is 4.74 Å². The monoisotopic (exact) mass is 359 g/mol. The van der Waals surface area contributed by atoms with Crippen LogP contribution in [0.25, 0.3) is 0 Å². The molecule has 0 aliphatic carbocycles. The predicted molar refractivity (Wildman–Crippen MR) is 105 cm³/mol. The molecule has 1 aliphatic heterocycles. The minimum absolute atomic E-state index is 0.375. The van der Waals surface area contributed by atoms with E-state index in [0.717, 1.165) is 38.2 Å². The molecule has 1 N–H and O–H groups in total. The summed E-state index contributed by atoms with van der Waals surface area (Å²) >= 11 is 1.87. The Morgan fingerprint density at radius 2 is 1.80 bits per heavy atom. The van der Waals surface area contributed by atoms with Crippen LogP contribution in [0.4, 0.5) is 0 Å². The summed E-state index contributed by atoms with van der Waals surface area (Å²) in [5.74, 6) is 0.850. The second-order valence-electron chi connectivity index (χ2n) is 7.47. The number of rotatable bonds is 5. The summed E-state index contributed by atoms with van der Waals surface area (Å²) in [6.07, 6.45) is 1.53. The molecule has 1 aromatic carbocycles. The summed E-state index contributed by atoms with van der Waals surface area (Å²) in [5.41, 5.74) is 3.20. The van der Waals surface area contributed by atoms with Gasteiger partial charge in [0.1, 0.15) is 18.0 Å². The Kier molecular flexibility index (Phi) is 5.52. The lowest BCUT2D eigenvalue weighted by atomic mass is 9.92. The molecule has 0 unspecified atom stereocenters. The maximum absolute atomic E-state index is 10.8. The van der Waals surface area contributed by atoms with Crippen molar-refractivity contribution in [2.45, 2.75) is 52.7 Å². The lowest BCUT2D eigenvalue weighted by Gasteiger charge is -2.38. The Bertz CT molecular complexity index is 729. The van der Waals surface area contributed by atoms with Gasteiger partial charge in [-0.1, -0.05) is 6.07 Å². The van der Waals surface area contributed by atoms with Crippen molar-refractivity contribution in [3.8, 4) is 5.75 Å². The van der Waals surface area contributed by atoms with E-state index >= 15 is 0 Å². The SMILES string of the molecule is Cc1cc(CN2CCC(O)(COc3ccc(C)c(C)c3)CC2)c(C)s1. The molecule has 0 amide bonds. The van der Waals surface area contributed by atoms with E-state index in [1.165, 1.54) is 26.4 Å². The van der Waals surface area contributed by atoms with Crippen molar-refractivity contribution in [2.75, 3.05) is 19.7 Å².